The molecule has 0 aromatic carbocycles. The van der Waals surface area contributed by atoms with Crippen molar-refractivity contribution in [1.29, 1.82) is 10.7 Å². The number of hydrogen-bond donors (Lipinski definition) is 4. The minimum Gasteiger partial charge on any atom is -0.404 e. The number of hydrogen-bond acceptors (Lipinski definition) is 8. The summed E-state index contributed by atoms with van der Waals surface area (Å²) in [4.78, 5) is 11.0. The van der Waals surface area contributed by atoms with Gasteiger partial charge in [-0.3, -0.25) is 0 Å². The van der Waals surface area contributed by atoms with Crippen LogP contribution in [0, 0.1) is 16.7 Å². The molecule has 9 nitrogen and oxygen atoms in total. The fraction of sp³-hybridized carbons (Fsp3) is 0.412. The van der Waals surface area contributed by atoms with Gasteiger partial charge >= 0.3 is 0 Å². The van der Waals surface area contributed by atoms with Crippen molar-refractivity contribution >= 4 is 23.7 Å². The lowest BCUT2D eigenvalue weighted by atomic mass is 9.75. The van der Waals surface area contributed by atoms with Crippen LogP contribution in [-0.4, -0.2) is 56.4 Å². The molecule has 6 N–H and O–H groups in total. The summed E-state index contributed by atoms with van der Waals surface area (Å²) in [7, 11) is 0. The second kappa shape index (κ2) is 7.51. The molecule has 1 aromatic heterocycles. The average Bonchev–Trinajstić information content (AvgIpc) is 2.62. The third-order valence-corrected chi connectivity index (χ3v) is 4.59. The summed E-state index contributed by atoms with van der Waals surface area (Å²) in [5.74, 6) is 1.21. The maximum atomic E-state index is 9.76. The molecule has 0 atom stereocenters. The van der Waals surface area contributed by atoms with E-state index in [2.05, 4.69) is 26.3 Å². The molecule has 0 radical (unpaired) electrons. The number of nitriles is 1. The van der Waals surface area contributed by atoms with Gasteiger partial charge in [-0.15, -0.1) is 0 Å². The fourth-order valence-corrected chi connectivity index (χ4v) is 3.07. The van der Waals surface area contributed by atoms with Crippen LogP contribution < -0.4 is 21.7 Å². The topological polar surface area (TPSA) is 149 Å². The van der Waals surface area contributed by atoms with Gasteiger partial charge in [0, 0.05) is 38.0 Å². The number of anilines is 1. The van der Waals surface area contributed by atoms with Gasteiger partial charge in [0.15, 0.2) is 5.82 Å². The summed E-state index contributed by atoms with van der Waals surface area (Å²) in [5.41, 5.74) is 11.8. The number of nitrogens with one attached hydrogen (secondary N) is 2. The Kier molecular flexibility index (Phi) is 5.16. The minimum atomic E-state index is -0.695. The Bertz CT molecular complexity index is 785. The van der Waals surface area contributed by atoms with Gasteiger partial charge in [-0.1, -0.05) is 0 Å². The molecular formula is C17H22N8O. The minimum absolute atomic E-state index is 0.186. The summed E-state index contributed by atoms with van der Waals surface area (Å²) < 4.78 is 5.41. The molecule has 1 aromatic rings. The van der Waals surface area contributed by atoms with Crippen molar-refractivity contribution in [1.82, 2.24) is 10.3 Å². The monoisotopic (exact) mass is 354 g/mol. The fourth-order valence-electron chi connectivity index (χ4n) is 3.07. The standard InChI is InChI=1S/C17H22N8O/c18-2-1-14(21)23-16-12(8-19)13(17(9-20)10-22-11-17)7-15(24-16)25-3-5-26-6-4-25/h1-2,7-8,19,22H,3-6,10-11,18H2,(H2,21,23,24)/b2-1-,19-8?. The maximum Gasteiger partial charge on any atom is 0.165 e. The number of aliphatic imine (C=N–C) groups is 1. The molecule has 2 aliphatic rings. The van der Waals surface area contributed by atoms with E-state index in [4.69, 9.17) is 21.6 Å². The highest BCUT2D eigenvalue weighted by atomic mass is 16.5. The Morgan fingerprint density at radius 1 is 1.46 bits per heavy atom. The van der Waals surface area contributed by atoms with Crippen LogP contribution in [0.15, 0.2) is 23.3 Å². The first-order valence-electron chi connectivity index (χ1n) is 8.36. The first-order chi connectivity index (χ1) is 12.6. The molecule has 0 spiro atoms. The van der Waals surface area contributed by atoms with Gasteiger partial charge in [0.1, 0.15) is 17.1 Å². The van der Waals surface area contributed by atoms with Gasteiger partial charge in [0.25, 0.3) is 0 Å². The van der Waals surface area contributed by atoms with Crippen LogP contribution >= 0.6 is 0 Å². The van der Waals surface area contributed by atoms with Gasteiger partial charge in [0.05, 0.1) is 19.3 Å². The van der Waals surface area contributed by atoms with E-state index in [0.29, 0.717) is 56.6 Å². The molecule has 0 amide bonds. The van der Waals surface area contributed by atoms with Crippen LogP contribution in [-0.2, 0) is 10.2 Å². The maximum absolute atomic E-state index is 9.76. The molecule has 3 rings (SSSR count). The summed E-state index contributed by atoms with van der Waals surface area (Å²) >= 11 is 0. The van der Waals surface area contributed by atoms with Gasteiger partial charge in [-0.2, -0.15) is 5.26 Å². The number of nitrogens with zero attached hydrogens (tertiary/aromatic N) is 4. The molecule has 0 unspecified atom stereocenters. The highest BCUT2D eigenvalue weighted by Gasteiger charge is 2.42. The van der Waals surface area contributed by atoms with Crippen LogP contribution in [0.3, 0.4) is 0 Å². The van der Waals surface area contributed by atoms with Crippen LogP contribution in [0.4, 0.5) is 11.6 Å². The van der Waals surface area contributed by atoms with Gasteiger partial charge < -0.3 is 31.8 Å². The SMILES string of the molecule is N#CC1(c2cc(N3CCOCC3)nc(/N=C(N)\C=C/N)c2C=N)CNC1. The zero-order chi connectivity index (χ0) is 18.6. The normalized spacial score (nSPS) is 19.8. The zero-order valence-corrected chi connectivity index (χ0v) is 14.4. The molecule has 2 aliphatic heterocycles. The Balaban J connectivity index is 2.16. The van der Waals surface area contributed by atoms with Crippen molar-refractivity contribution < 1.29 is 4.74 Å². The van der Waals surface area contributed by atoms with Gasteiger partial charge in [0.2, 0.25) is 0 Å². The van der Waals surface area contributed by atoms with E-state index < -0.39 is 5.41 Å². The Morgan fingerprint density at radius 2 is 2.19 bits per heavy atom. The second-order valence-electron chi connectivity index (χ2n) is 6.20. The number of morpholine rings is 1. The molecule has 0 aliphatic carbocycles. The Labute approximate surface area is 151 Å². The van der Waals surface area contributed by atoms with E-state index in [0.717, 1.165) is 5.56 Å². The molecule has 2 fully saturated rings. The lowest BCUT2D eigenvalue weighted by Gasteiger charge is -2.38. The van der Waals surface area contributed by atoms with E-state index in [1.165, 1.54) is 18.5 Å². The van der Waals surface area contributed by atoms with Crippen LogP contribution in [0.1, 0.15) is 11.1 Å². The van der Waals surface area contributed by atoms with E-state index in [-0.39, 0.29) is 5.84 Å². The number of nitrogens with two attached hydrogens (primary N) is 2. The van der Waals surface area contributed by atoms with Crippen LogP contribution in [0.5, 0.6) is 0 Å². The number of rotatable bonds is 5. The van der Waals surface area contributed by atoms with Crippen molar-refractivity contribution in [2.45, 2.75) is 5.41 Å². The van der Waals surface area contributed by atoms with Crippen molar-refractivity contribution in [3.63, 3.8) is 0 Å². The number of pyridine rings is 1. The second-order valence-corrected chi connectivity index (χ2v) is 6.20. The molecule has 136 valence electrons. The number of amidine groups is 1. The van der Waals surface area contributed by atoms with Crippen LogP contribution in [0.25, 0.3) is 0 Å². The van der Waals surface area contributed by atoms with Crippen molar-refractivity contribution in [3.8, 4) is 6.07 Å². The Morgan fingerprint density at radius 3 is 2.73 bits per heavy atom. The van der Waals surface area contributed by atoms with E-state index >= 15 is 0 Å². The lowest BCUT2D eigenvalue weighted by Crippen LogP contribution is -2.56. The molecule has 0 bridgehead atoms. The summed E-state index contributed by atoms with van der Waals surface area (Å²) in [6.07, 6.45) is 3.94. The smallest absolute Gasteiger partial charge is 0.165 e. The molecule has 2 saturated heterocycles. The number of aromatic nitrogens is 1. The molecule has 3 heterocycles. The third kappa shape index (κ3) is 3.24. The average molecular weight is 354 g/mol. The summed E-state index contributed by atoms with van der Waals surface area (Å²) in [5, 5.41) is 20.8. The van der Waals surface area contributed by atoms with Crippen molar-refractivity contribution in [3.05, 3.63) is 29.5 Å². The Hall–Kier alpha value is -2.96. The highest BCUT2D eigenvalue weighted by Crippen LogP contribution is 2.36. The quantitative estimate of drug-likeness (QED) is 0.420. The molecule has 9 heteroatoms. The van der Waals surface area contributed by atoms with Crippen molar-refractivity contribution in [2.75, 3.05) is 44.3 Å². The first-order valence-corrected chi connectivity index (χ1v) is 8.36. The van der Waals surface area contributed by atoms with Gasteiger partial charge in [-0.25, -0.2) is 9.98 Å². The summed E-state index contributed by atoms with van der Waals surface area (Å²) in [6.45, 7) is 3.69. The molecule has 0 saturated carbocycles. The predicted octanol–water partition coefficient (Wildman–Crippen LogP) is -0.258. The van der Waals surface area contributed by atoms with Crippen molar-refractivity contribution in [2.24, 2.45) is 16.5 Å². The van der Waals surface area contributed by atoms with E-state index in [1.807, 2.05) is 6.07 Å². The zero-order valence-electron chi connectivity index (χ0n) is 14.4. The first kappa shape index (κ1) is 17.8. The van der Waals surface area contributed by atoms with Crippen LogP contribution in [0.2, 0.25) is 0 Å². The van der Waals surface area contributed by atoms with Gasteiger partial charge in [-0.05, 0) is 23.9 Å². The third-order valence-electron chi connectivity index (χ3n) is 4.59. The predicted molar refractivity (Wildman–Crippen MR) is 99.9 cm³/mol. The van der Waals surface area contributed by atoms with E-state index in [9.17, 15) is 5.26 Å². The summed E-state index contributed by atoms with van der Waals surface area (Å²) in [6, 6.07) is 4.28. The molecular weight excluding hydrogens is 332 g/mol. The number of ether oxygens (including phenoxy) is 1. The largest absolute Gasteiger partial charge is 0.404 e. The molecule has 26 heavy (non-hydrogen) atoms. The highest BCUT2D eigenvalue weighted by molar-refractivity contribution is 5.96. The van der Waals surface area contributed by atoms with E-state index in [1.54, 1.807) is 0 Å². The lowest BCUT2D eigenvalue weighted by molar-refractivity contribution is 0.122.